The Kier molecular flexibility index (Phi) is 5.26. The van der Waals surface area contributed by atoms with Crippen molar-refractivity contribution in [3.05, 3.63) is 31.8 Å². The maximum absolute atomic E-state index is 10.3. The molecule has 1 aromatic rings. The monoisotopic (exact) mass is 426 g/mol. The fourth-order valence-corrected chi connectivity index (χ4v) is 3.23. The highest BCUT2D eigenvalue weighted by atomic mass is 127. The Labute approximate surface area is 127 Å². The first kappa shape index (κ1) is 15.7. The molecule has 1 nitrogen and oxygen atoms in total. The van der Waals surface area contributed by atoms with E-state index in [1.54, 1.807) is 0 Å². The number of halogens is 2. The van der Waals surface area contributed by atoms with Gasteiger partial charge in [0.15, 0.2) is 8.32 Å². The van der Waals surface area contributed by atoms with Gasteiger partial charge in [-0.15, -0.1) is 0 Å². The molecule has 0 amide bonds. The van der Waals surface area contributed by atoms with Gasteiger partial charge in [-0.3, -0.25) is 0 Å². The topological polar surface area (TPSA) is 20.2 Å². The average Bonchev–Trinajstić information content (AvgIpc) is 2.18. The van der Waals surface area contributed by atoms with E-state index < -0.39 is 8.32 Å². The Morgan fingerprint density at radius 3 is 2.47 bits per heavy atom. The Hall–Kier alpha value is 0.607. The molecule has 0 aliphatic heterocycles. The highest BCUT2D eigenvalue weighted by molar-refractivity contribution is 14.1. The second-order valence-electron chi connectivity index (χ2n) is 5.68. The second kappa shape index (κ2) is 5.71. The Morgan fingerprint density at radius 2 is 1.94 bits per heavy atom. The molecule has 0 heterocycles. The van der Waals surface area contributed by atoms with Crippen LogP contribution in [-0.4, -0.2) is 13.1 Å². The molecule has 0 saturated heterocycles. The van der Waals surface area contributed by atoms with Crippen molar-refractivity contribution in [2.24, 2.45) is 0 Å². The fourth-order valence-electron chi connectivity index (χ4n) is 1.49. The van der Waals surface area contributed by atoms with Crippen LogP contribution in [-0.2, 0) is 6.42 Å². The largest absolute Gasteiger partial charge is 0.432 e. The average molecular weight is 427 g/mol. The summed E-state index contributed by atoms with van der Waals surface area (Å²) in [7, 11) is -2.09. The molecule has 0 unspecified atom stereocenters. The molecular weight excluding hydrogens is 407 g/mol. The minimum Gasteiger partial charge on any atom is -0.432 e. The molecule has 0 saturated carbocycles. The molecule has 0 atom stereocenters. The molecule has 0 fully saturated rings. The van der Waals surface area contributed by atoms with Gasteiger partial charge in [-0.25, -0.2) is 0 Å². The van der Waals surface area contributed by atoms with E-state index in [0.29, 0.717) is 0 Å². The third-order valence-electron chi connectivity index (χ3n) is 3.68. The lowest BCUT2D eigenvalue weighted by Crippen LogP contribution is -2.39. The summed E-state index contributed by atoms with van der Waals surface area (Å²) in [4.78, 5) is 10.3. The molecule has 0 spiro atoms. The Balaban J connectivity index is 2.77. The first-order valence-corrected chi connectivity index (χ1v) is 10.6. The molecule has 4 heteroatoms. The van der Waals surface area contributed by atoms with E-state index in [0.717, 1.165) is 12.8 Å². The van der Waals surface area contributed by atoms with Crippen LogP contribution in [0.3, 0.4) is 0 Å². The van der Waals surface area contributed by atoms with Crippen LogP contribution in [0.4, 0.5) is 0 Å². The van der Waals surface area contributed by atoms with Crippen molar-refractivity contribution in [3.8, 4) is 0 Å². The van der Waals surface area contributed by atoms with Crippen molar-refractivity contribution in [2.75, 3.05) is 0 Å². The van der Waals surface area contributed by atoms with E-state index in [-0.39, 0.29) is 5.04 Å². The molecule has 1 N–H and O–H groups in total. The molecule has 0 bridgehead atoms. The smallest absolute Gasteiger partial charge is 0.188 e. The fraction of sp³-hybridized carbons (Fsp3) is 0.538. The predicted octanol–water partition coefficient (Wildman–Crippen LogP) is 4.96. The van der Waals surface area contributed by atoms with Crippen molar-refractivity contribution in [1.29, 1.82) is 0 Å². The van der Waals surface area contributed by atoms with Crippen LogP contribution in [0.15, 0.2) is 22.7 Å². The van der Waals surface area contributed by atoms with Gasteiger partial charge in [0.05, 0.1) is 0 Å². The zero-order chi connectivity index (χ0) is 13.3. The summed E-state index contributed by atoms with van der Waals surface area (Å²) in [6, 6.07) is 6.42. The maximum atomic E-state index is 10.3. The summed E-state index contributed by atoms with van der Waals surface area (Å²) < 4.78 is 2.44. The standard InChI is InChI=1S/C13H20BrIOSi/c1-13(2,17(3,4)16)8-7-10-9-11(15)5-6-12(10)14/h5-6,9,16H,7-8H2,1-4H3. The molecule has 0 aliphatic rings. The first-order valence-electron chi connectivity index (χ1n) is 5.80. The van der Waals surface area contributed by atoms with E-state index in [4.69, 9.17) is 0 Å². The van der Waals surface area contributed by atoms with Crippen molar-refractivity contribution < 1.29 is 4.80 Å². The van der Waals surface area contributed by atoms with Gasteiger partial charge in [0.2, 0.25) is 0 Å². The Bertz CT molecular complexity index is 399. The van der Waals surface area contributed by atoms with Gasteiger partial charge in [0, 0.05) is 8.04 Å². The quantitative estimate of drug-likeness (QED) is 0.532. The lowest BCUT2D eigenvalue weighted by Gasteiger charge is -2.35. The SMILES string of the molecule is CC(C)(CCc1cc(I)ccc1Br)[Si](C)(C)O. The molecule has 1 aromatic carbocycles. The summed E-state index contributed by atoms with van der Waals surface area (Å²) in [5, 5.41) is 0.0493. The predicted molar refractivity (Wildman–Crippen MR) is 88.9 cm³/mol. The molecule has 0 aliphatic carbocycles. The summed E-state index contributed by atoms with van der Waals surface area (Å²) in [5.41, 5.74) is 1.34. The first-order chi connectivity index (χ1) is 7.63. The van der Waals surface area contributed by atoms with E-state index in [1.807, 2.05) is 13.1 Å². The van der Waals surface area contributed by atoms with Gasteiger partial charge in [-0.05, 0) is 77.3 Å². The van der Waals surface area contributed by atoms with Crippen LogP contribution in [0, 0.1) is 3.57 Å². The van der Waals surface area contributed by atoms with Crippen molar-refractivity contribution >= 4 is 46.8 Å². The van der Waals surface area contributed by atoms with E-state index in [2.05, 4.69) is 70.6 Å². The molecular formula is C13H20BrIOSi. The third-order valence-corrected chi connectivity index (χ3v) is 8.69. The third kappa shape index (κ3) is 4.33. The molecule has 0 radical (unpaired) electrons. The number of rotatable bonds is 4. The van der Waals surface area contributed by atoms with Gasteiger partial charge < -0.3 is 4.80 Å². The molecule has 0 aromatic heterocycles. The van der Waals surface area contributed by atoms with Crippen molar-refractivity contribution in [2.45, 2.75) is 44.8 Å². The summed E-state index contributed by atoms with van der Waals surface area (Å²) >= 11 is 5.93. The van der Waals surface area contributed by atoms with Gasteiger partial charge in [0.25, 0.3) is 0 Å². The molecule has 96 valence electrons. The highest BCUT2D eigenvalue weighted by Gasteiger charge is 2.37. The van der Waals surface area contributed by atoms with Gasteiger partial charge in [-0.2, -0.15) is 0 Å². The van der Waals surface area contributed by atoms with Gasteiger partial charge in [-0.1, -0.05) is 29.8 Å². The number of benzene rings is 1. The Morgan fingerprint density at radius 1 is 1.35 bits per heavy atom. The second-order valence-corrected chi connectivity index (χ2v) is 12.3. The van der Waals surface area contributed by atoms with Crippen LogP contribution < -0.4 is 0 Å². The number of hydrogen-bond acceptors (Lipinski definition) is 1. The zero-order valence-corrected chi connectivity index (χ0v) is 15.6. The van der Waals surface area contributed by atoms with Crippen LogP contribution in [0.1, 0.15) is 25.8 Å². The van der Waals surface area contributed by atoms with Crippen LogP contribution >= 0.6 is 38.5 Å². The van der Waals surface area contributed by atoms with E-state index in [1.165, 1.54) is 13.6 Å². The summed E-state index contributed by atoms with van der Waals surface area (Å²) in [5.74, 6) is 0. The van der Waals surface area contributed by atoms with Gasteiger partial charge >= 0.3 is 0 Å². The maximum Gasteiger partial charge on any atom is 0.188 e. The van der Waals surface area contributed by atoms with Crippen LogP contribution in [0.2, 0.25) is 18.1 Å². The van der Waals surface area contributed by atoms with Gasteiger partial charge in [0.1, 0.15) is 0 Å². The van der Waals surface area contributed by atoms with Crippen molar-refractivity contribution in [3.63, 3.8) is 0 Å². The van der Waals surface area contributed by atoms with E-state index >= 15 is 0 Å². The molecule has 1 rings (SSSR count). The number of hydrogen-bond donors (Lipinski definition) is 1. The lowest BCUT2D eigenvalue weighted by atomic mass is 10.0. The minimum absolute atomic E-state index is 0.0493. The lowest BCUT2D eigenvalue weighted by molar-refractivity contribution is 0.451. The van der Waals surface area contributed by atoms with Crippen LogP contribution in [0.25, 0.3) is 0 Å². The molecule has 17 heavy (non-hydrogen) atoms. The van der Waals surface area contributed by atoms with E-state index in [9.17, 15) is 4.80 Å². The highest BCUT2D eigenvalue weighted by Crippen LogP contribution is 2.40. The van der Waals surface area contributed by atoms with Crippen LogP contribution in [0.5, 0.6) is 0 Å². The van der Waals surface area contributed by atoms with Crippen molar-refractivity contribution in [1.82, 2.24) is 0 Å². The zero-order valence-electron chi connectivity index (χ0n) is 10.8. The normalized spacial score (nSPS) is 12.9. The number of aryl methyl sites for hydroxylation is 1. The minimum atomic E-state index is -2.09. The summed E-state index contributed by atoms with van der Waals surface area (Å²) in [6.45, 7) is 8.41. The summed E-state index contributed by atoms with van der Waals surface area (Å²) in [6.07, 6.45) is 2.04.